The van der Waals surface area contributed by atoms with Gasteiger partial charge in [0.1, 0.15) is 3.42 Å². The first-order valence-corrected chi connectivity index (χ1v) is 4.11. The van der Waals surface area contributed by atoms with Crippen LogP contribution < -0.4 is 0 Å². The fraction of sp³-hybridized carbons (Fsp3) is 0.833. The van der Waals surface area contributed by atoms with Gasteiger partial charge in [-0.05, 0) is 13.3 Å². The standard InChI is InChI=1S/C6H11IO3/c1-3-4(8)6(2,7)5(9)10/h4,8H,3H2,1-2H3,(H,9,10)/t4-,6+/m1/s1. The Bertz CT molecular complexity index is 133. The van der Waals surface area contributed by atoms with Gasteiger partial charge in [0.2, 0.25) is 0 Å². The lowest BCUT2D eigenvalue weighted by Crippen LogP contribution is -2.40. The molecule has 0 saturated carbocycles. The van der Waals surface area contributed by atoms with Gasteiger partial charge in [-0.15, -0.1) is 0 Å². The summed E-state index contributed by atoms with van der Waals surface area (Å²) in [7, 11) is 0. The molecule has 0 aliphatic heterocycles. The van der Waals surface area contributed by atoms with E-state index in [1.165, 1.54) is 6.92 Å². The molecule has 0 rings (SSSR count). The van der Waals surface area contributed by atoms with Crippen molar-refractivity contribution in [2.45, 2.75) is 29.8 Å². The second-order valence-electron chi connectivity index (χ2n) is 2.30. The fourth-order valence-electron chi connectivity index (χ4n) is 0.526. The maximum atomic E-state index is 10.5. The molecule has 2 N–H and O–H groups in total. The van der Waals surface area contributed by atoms with Gasteiger partial charge in [-0.2, -0.15) is 0 Å². The molecule has 10 heavy (non-hydrogen) atoms. The number of hydrogen-bond donors (Lipinski definition) is 2. The van der Waals surface area contributed by atoms with E-state index in [1.54, 1.807) is 29.5 Å². The summed E-state index contributed by atoms with van der Waals surface area (Å²) in [5.74, 6) is -0.970. The van der Waals surface area contributed by atoms with Crippen molar-refractivity contribution in [3.8, 4) is 0 Å². The molecule has 0 aromatic carbocycles. The van der Waals surface area contributed by atoms with Crippen LogP contribution in [0.1, 0.15) is 20.3 Å². The second kappa shape index (κ2) is 3.52. The summed E-state index contributed by atoms with van der Waals surface area (Å²) < 4.78 is -1.05. The molecule has 0 unspecified atom stereocenters. The van der Waals surface area contributed by atoms with E-state index >= 15 is 0 Å². The first-order chi connectivity index (χ1) is 4.42. The van der Waals surface area contributed by atoms with E-state index in [4.69, 9.17) is 10.2 Å². The van der Waals surface area contributed by atoms with Crippen LogP contribution in [0.3, 0.4) is 0 Å². The highest BCUT2D eigenvalue weighted by Gasteiger charge is 2.36. The molecular formula is C6H11IO3. The Morgan fingerprint density at radius 3 is 2.30 bits per heavy atom. The third-order valence-corrected chi connectivity index (χ3v) is 2.61. The van der Waals surface area contributed by atoms with Crippen LogP contribution in [0.15, 0.2) is 0 Å². The van der Waals surface area contributed by atoms with E-state index in [0.717, 1.165) is 0 Å². The lowest BCUT2D eigenvalue weighted by atomic mass is 10.0. The van der Waals surface area contributed by atoms with E-state index in [9.17, 15) is 4.79 Å². The van der Waals surface area contributed by atoms with E-state index in [2.05, 4.69) is 0 Å². The monoisotopic (exact) mass is 258 g/mol. The highest BCUT2D eigenvalue weighted by molar-refractivity contribution is 14.1. The van der Waals surface area contributed by atoms with Crippen molar-refractivity contribution >= 4 is 28.6 Å². The summed E-state index contributed by atoms with van der Waals surface area (Å²) in [5.41, 5.74) is 0. The molecular weight excluding hydrogens is 247 g/mol. The van der Waals surface area contributed by atoms with Crippen molar-refractivity contribution in [3.05, 3.63) is 0 Å². The highest BCUT2D eigenvalue weighted by Crippen LogP contribution is 2.24. The quantitative estimate of drug-likeness (QED) is 0.587. The van der Waals surface area contributed by atoms with Crippen molar-refractivity contribution in [1.82, 2.24) is 0 Å². The normalized spacial score (nSPS) is 19.6. The van der Waals surface area contributed by atoms with E-state index in [-0.39, 0.29) is 0 Å². The van der Waals surface area contributed by atoms with Gasteiger partial charge < -0.3 is 10.2 Å². The molecule has 60 valence electrons. The van der Waals surface area contributed by atoms with Gasteiger partial charge in [0, 0.05) is 0 Å². The molecule has 0 bridgehead atoms. The highest BCUT2D eigenvalue weighted by atomic mass is 127. The molecule has 0 aliphatic carbocycles. The minimum atomic E-state index is -1.05. The van der Waals surface area contributed by atoms with Gasteiger partial charge >= 0.3 is 5.97 Å². The molecule has 0 spiro atoms. The molecule has 0 amide bonds. The molecule has 0 aliphatic rings. The van der Waals surface area contributed by atoms with E-state index in [0.29, 0.717) is 6.42 Å². The number of alkyl halides is 1. The average Bonchev–Trinajstić information content (AvgIpc) is 1.86. The minimum absolute atomic E-state index is 0.464. The van der Waals surface area contributed by atoms with Gasteiger partial charge in [0.05, 0.1) is 6.10 Å². The number of halogens is 1. The summed E-state index contributed by atoms with van der Waals surface area (Å²) in [6, 6.07) is 0. The van der Waals surface area contributed by atoms with Crippen LogP contribution in [0.2, 0.25) is 0 Å². The van der Waals surface area contributed by atoms with Crippen LogP contribution in [0.5, 0.6) is 0 Å². The molecule has 0 heterocycles. The van der Waals surface area contributed by atoms with Crippen molar-refractivity contribution < 1.29 is 15.0 Å². The van der Waals surface area contributed by atoms with Crippen LogP contribution in [0.4, 0.5) is 0 Å². The largest absolute Gasteiger partial charge is 0.480 e. The molecule has 0 radical (unpaired) electrons. The number of hydrogen-bond acceptors (Lipinski definition) is 2. The van der Waals surface area contributed by atoms with Crippen LogP contribution >= 0.6 is 22.6 Å². The average molecular weight is 258 g/mol. The lowest BCUT2D eigenvalue weighted by Gasteiger charge is -2.22. The molecule has 0 saturated heterocycles. The summed E-state index contributed by atoms with van der Waals surface area (Å²) >= 11 is 1.74. The third kappa shape index (κ3) is 2.09. The number of aliphatic hydroxyl groups excluding tert-OH is 1. The summed E-state index contributed by atoms with van der Waals surface area (Å²) in [6.45, 7) is 3.26. The Hall–Kier alpha value is 0.160. The van der Waals surface area contributed by atoms with Gasteiger partial charge in [-0.3, -0.25) is 4.79 Å². The van der Waals surface area contributed by atoms with Crippen LogP contribution in [0.25, 0.3) is 0 Å². The first-order valence-electron chi connectivity index (χ1n) is 3.03. The molecule has 4 heteroatoms. The number of rotatable bonds is 3. The fourth-order valence-corrected chi connectivity index (χ4v) is 0.966. The van der Waals surface area contributed by atoms with Crippen LogP contribution in [-0.2, 0) is 4.79 Å². The maximum Gasteiger partial charge on any atom is 0.321 e. The number of carboxylic acid groups (broad SMARTS) is 1. The molecule has 3 nitrogen and oxygen atoms in total. The summed E-state index contributed by atoms with van der Waals surface area (Å²) in [5, 5.41) is 17.7. The predicted octanol–water partition coefficient (Wildman–Crippen LogP) is 1.04. The SMILES string of the molecule is CC[C@@H](O)[C@](C)(I)C(=O)O. The van der Waals surface area contributed by atoms with Gasteiger partial charge in [-0.25, -0.2) is 0 Å². The van der Waals surface area contributed by atoms with Crippen molar-refractivity contribution in [2.24, 2.45) is 0 Å². The lowest BCUT2D eigenvalue weighted by molar-refractivity contribution is -0.141. The zero-order chi connectivity index (χ0) is 8.36. The Morgan fingerprint density at radius 1 is 1.80 bits per heavy atom. The van der Waals surface area contributed by atoms with Crippen molar-refractivity contribution in [1.29, 1.82) is 0 Å². The first kappa shape index (κ1) is 10.2. The predicted molar refractivity (Wildman–Crippen MR) is 46.4 cm³/mol. The third-order valence-electron chi connectivity index (χ3n) is 1.43. The Labute approximate surface area is 73.6 Å². The molecule has 0 fully saturated rings. The Balaban J connectivity index is 4.23. The second-order valence-corrected chi connectivity index (χ2v) is 4.55. The summed E-state index contributed by atoms with van der Waals surface area (Å²) in [6.07, 6.45) is -0.309. The van der Waals surface area contributed by atoms with Crippen molar-refractivity contribution in [3.63, 3.8) is 0 Å². The molecule has 2 atom stereocenters. The van der Waals surface area contributed by atoms with Crippen LogP contribution in [0, 0.1) is 0 Å². The number of carbonyl (C=O) groups is 1. The zero-order valence-corrected chi connectivity index (χ0v) is 8.12. The topological polar surface area (TPSA) is 57.5 Å². The van der Waals surface area contributed by atoms with E-state index < -0.39 is 15.5 Å². The zero-order valence-electron chi connectivity index (χ0n) is 5.97. The maximum absolute atomic E-state index is 10.5. The summed E-state index contributed by atoms with van der Waals surface area (Å²) in [4.78, 5) is 10.5. The number of carboxylic acids is 1. The Morgan fingerprint density at radius 2 is 2.20 bits per heavy atom. The number of aliphatic hydroxyl groups is 1. The minimum Gasteiger partial charge on any atom is -0.480 e. The number of aliphatic carboxylic acids is 1. The smallest absolute Gasteiger partial charge is 0.321 e. The molecule has 0 aromatic heterocycles. The van der Waals surface area contributed by atoms with E-state index in [1.807, 2.05) is 0 Å². The van der Waals surface area contributed by atoms with Gasteiger partial charge in [0.15, 0.2) is 0 Å². The van der Waals surface area contributed by atoms with Gasteiger partial charge in [0.25, 0.3) is 0 Å². The van der Waals surface area contributed by atoms with Crippen LogP contribution in [-0.4, -0.2) is 25.7 Å². The Kier molecular flexibility index (Phi) is 3.58. The molecule has 0 aromatic rings. The van der Waals surface area contributed by atoms with Crippen molar-refractivity contribution in [2.75, 3.05) is 0 Å². The van der Waals surface area contributed by atoms with Gasteiger partial charge in [-0.1, -0.05) is 29.5 Å².